The maximum atomic E-state index is 10.9. The van der Waals surface area contributed by atoms with E-state index in [4.69, 9.17) is 5.11 Å². The van der Waals surface area contributed by atoms with Gasteiger partial charge in [-0.05, 0) is 6.42 Å². The minimum Gasteiger partial charge on any atom is -0.481 e. The third kappa shape index (κ3) is 1.77. The molecule has 1 aromatic heterocycles. The van der Waals surface area contributed by atoms with Crippen molar-refractivity contribution in [3.05, 3.63) is 36.2 Å². The van der Waals surface area contributed by atoms with Crippen LogP contribution < -0.4 is 0 Å². The summed E-state index contributed by atoms with van der Waals surface area (Å²) in [6.07, 6.45) is 0.663. The molecule has 92 valence electrons. The standard InChI is InChI=1S/C13H13N3O2/c1-16-12(9-7-10(9)13(17)18)14-11(15-16)8-5-3-2-4-6-8/h2-6,9-10H,7H2,1H3,(H,17,18). The molecule has 2 atom stereocenters. The lowest BCUT2D eigenvalue weighted by atomic mass is 10.2. The summed E-state index contributed by atoms with van der Waals surface area (Å²) in [4.78, 5) is 15.3. The second kappa shape index (κ2) is 3.94. The number of carboxylic acid groups (broad SMARTS) is 1. The Bertz CT molecular complexity index is 592. The zero-order valence-electron chi connectivity index (χ0n) is 9.95. The van der Waals surface area contributed by atoms with Crippen molar-refractivity contribution in [2.24, 2.45) is 13.0 Å². The number of carboxylic acids is 1. The highest BCUT2D eigenvalue weighted by molar-refractivity contribution is 5.75. The van der Waals surface area contributed by atoms with Gasteiger partial charge in [0, 0.05) is 18.5 Å². The number of benzene rings is 1. The van der Waals surface area contributed by atoms with Gasteiger partial charge in [0.2, 0.25) is 0 Å². The van der Waals surface area contributed by atoms with Gasteiger partial charge < -0.3 is 5.11 Å². The smallest absolute Gasteiger partial charge is 0.307 e. The Balaban J connectivity index is 1.91. The van der Waals surface area contributed by atoms with Gasteiger partial charge in [0.15, 0.2) is 5.82 Å². The maximum absolute atomic E-state index is 10.9. The summed E-state index contributed by atoms with van der Waals surface area (Å²) < 4.78 is 1.69. The fraction of sp³-hybridized carbons (Fsp3) is 0.308. The number of carbonyl (C=O) groups is 1. The molecule has 1 aromatic carbocycles. The summed E-state index contributed by atoms with van der Waals surface area (Å²) in [5, 5.41) is 13.3. The van der Waals surface area contributed by atoms with Crippen LogP contribution in [0, 0.1) is 5.92 Å². The number of nitrogens with zero attached hydrogens (tertiary/aromatic N) is 3. The van der Waals surface area contributed by atoms with Gasteiger partial charge in [-0.2, -0.15) is 5.10 Å². The van der Waals surface area contributed by atoms with Gasteiger partial charge >= 0.3 is 5.97 Å². The van der Waals surface area contributed by atoms with Gasteiger partial charge in [-0.15, -0.1) is 0 Å². The van der Waals surface area contributed by atoms with Crippen LogP contribution in [0.1, 0.15) is 18.2 Å². The van der Waals surface area contributed by atoms with Crippen molar-refractivity contribution in [1.82, 2.24) is 14.8 Å². The van der Waals surface area contributed by atoms with E-state index in [1.165, 1.54) is 0 Å². The van der Waals surface area contributed by atoms with Crippen LogP contribution in [0.5, 0.6) is 0 Å². The topological polar surface area (TPSA) is 68.0 Å². The SMILES string of the molecule is Cn1nc(-c2ccccc2)nc1C1CC1C(=O)O. The molecule has 1 aliphatic rings. The van der Waals surface area contributed by atoms with Crippen LogP contribution in [-0.2, 0) is 11.8 Å². The van der Waals surface area contributed by atoms with E-state index < -0.39 is 5.97 Å². The molecule has 2 aromatic rings. The highest BCUT2D eigenvalue weighted by Crippen LogP contribution is 2.46. The minimum absolute atomic E-state index is 0.0115. The Morgan fingerprint density at radius 1 is 1.39 bits per heavy atom. The monoisotopic (exact) mass is 243 g/mol. The molecule has 0 radical (unpaired) electrons. The van der Waals surface area contributed by atoms with Crippen LogP contribution in [0.2, 0.25) is 0 Å². The van der Waals surface area contributed by atoms with Gasteiger partial charge in [-0.25, -0.2) is 4.98 Å². The Hall–Kier alpha value is -2.17. The Labute approximate surface area is 104 Å². The van der Waals surface area contributed by atoms with Crippen LogP contribution in [0.3, 0.4) is 0 Å². The van der Waals surface area contributed by atoms with Crippen LogP contribution in [0.4, 0.5) is 0 Å². The number of rotatable bonds is 3. The summed E-state index contributed by atoms with van der Waals surface area (Å²) in [5.41, 5.74) is 0.951. The van der Waals surface area contributed by atoms with Crippen LogP contribution >= 0.6 is 0 Å². The molecule has 5 nitrogen and oxygen atoms in total. The molecule has 0 aliphatic heterocycles. The number of aliphatic carboxylic acids is 1. The van der Waals surface area contributed by atoms with Crippen LogP contribution in [0.15, 0.2) is 30.3 Å². The molecule has 1 saturated carbocycles. The van der Waals surface area contributed by atoms with E-state index in [-0.39, 0.29) is 11.8 Å². The lowest BCUT2D eigenvalue weighted by molar-refractivity contribution is -0.138. The molecule has 1 heterocycles. The van der Waals surface area contributed by atoms with Crippen LogP contribution in [0.25, 0.3) is 11.4 Å². The van der Waals surface area contributed by atoms with E-state index in [0.29, 0.717) is 12.2 Å². The molecule has 2 unspecified atom stereocenters. The second-order valence-electron chi connectivity index (χ2n) is 4.57. The summed E-state index contributed by atoms with van der Waals surface area (Å²) in [6.45, 7) is 0. The molecular formula is C13H13N3O2. The molecule has 0 bridgehead atoms. The first-order valence-corrected chi connectivity index (χ1v) is 5.86. The quantitative estimate of drug-likeness (QED) is 0.890. The largest absolute Gasteiger partial charge is 0.481 e. The zero-order valence-corrected chi connectivity index (χ0v) is 9.95. The second-order valence-corrected chi connectivity index (χ2v) is 4.57. The average molecular weight is 243 g/mol. The van der Waals surface area contributed by atoms with E-state index in [1.807, 2.05) is 37.4 Å². The van der Waals surface area contributed by atoms with Crippen molar-refractivity contribution in [2.75, 3.05) is 0 Å². The maximum Gasteiger partial charge on any atom is 0.307 e. The summed E-state index contributed by atoms with van der Waals surface area (Å²) in [5.74, 6) is 0.392. The normalized spacial score (nSPS) is 21.8. The van der Waals surface area contributed by atoms with E-state index in [0.717, 1.165) is 11.4 Å². The summed E-state index contributed by atoms with van der Waals surface area (Å²) in [7, 11) is 1.81. The Morgan fingerprint density at radius 3 is 2.72 bits per heavy atom. The number of hydrogen-bond donors (Lipinski definition) is 1. The van der Waals surface area contributed by atoms with Gasteiger partial charge in [-0.1, -0.05) is 30.3 Å². The van der Waals surface area contributed by atoms with Gasteiger partial charge in [0.1, 0.15) is 5.82 Å². The predicted octanol–water partition coefficient (Wildman–Crippen LogP) is 1.67. The predicted molar refractivity (Wildman–Crippen MR) is 64.9 cm³/mol. The molecular weight excluding hydrogens is 230 g/mol. The van der Waals surface area contributed by atoms with Crippen molar-refractivity contribution in [3.63, 3.8) is 0 Å². The number of aryl methyl sites for hydroxylation is 1. The number of aromatic nitrogens is 3. The van der Waals surface area contributed by atoms with Gasteiger partial charge in [0.05, 0.1) is 5.92 Å². The highest BCUT2D eigenvalue weighted by Gasteiger charge is 2.47. The lowest BCUT2D eigenvalue weighted by Gasteiger charge is -1.95. The average Bonchev–Trinajstić information content (AvgIpc) is 3.08. The van der Waals surface area contributed by atoms with E-state index in [1.54, 1.807) is 4.68 Å². The zero-order chi connectivity index (χ0) is 12.7. The van der Waals surface area contributed by atoms with Gasteiger partial charge in [-0.3, -0.25) is 9.48 Å². The minimum atomic E-state index is -0.746. The van der Waals surface area contributed by atoms with Crippen molar-refractivity contribution in [2.45, 2.75) is 12.3 Å². The van der Waals surface area contributed by atoms with Crippen molar-refractivity contribution >= 4 is 5.97 Å². The Morgan fingerprint density at radius 2 is 2.11 bits per heavy atom. The van der Waals surface area contributed by atoms with Crippen molar-refractivity contribution in [3.8, 4) is 11.4 Å². The summed E-state index contributed by atoms with van der Waals surface area (Å²) >= 11 is 0. The van der Waals surface area contributed by atoms with Crippen molar-refractivity contribution < 1.29 is 9.90 Å². The molecule has 5 heteroatoms. The molecule has 18 heavy (non-hydrogen) atoms. The molecule has 3 rings (SSSR count). The fourth-order valence-electron chi connectivity index (χ4n) is 2.18. The van der Waals surface area contributed by atoms with E-state index in [9.17, 15) is 4.79 Å². The number of hydrogen-bond acceptors (Lipinski definition) is 3. The third-order valence-electron chi connectivity index (χ3n) is 3.27. The summed E-state index contributed by atoms with van der Waals surface area (Å²) in [6, 6.07) is 9.70. The molecule has 1 N–H and O–H groups in total. The molecule has 0 amide bonds. The lowest BCUT2D eigenvalue weighted by Crippen LogP contribution is -2.03. The first-order valence-electron chi connectivity index (χ1n) is 5.86. The first-order chi connectivity index (χ1) is 8.66. The molecule has 0 saturated heterocycles. The first kappa shape index (κ1) is 11.0. The molecule has 0 spiro atoms. The fourth-order valence-corrected chi connectivity index (χ4v) is 2.18. The van der Waals surface area contributed by atoms with Crippen molar-refractivity contribution in [1.29, 1.82) is 0 Å². The van der Waals surface area contributed by atoms with Crippen LogP contribution in [-0.4, -0.2) is 25.8 Å². The Kier molecular flexibility index (Phi) is 2.40. The van der Waals surface area contributed by atoms with E-state index in [2.05, 4.69) is 10.1 Å². The third-order valence-corrected chi connectivity index (χ3v) is 3.27. The van der Waals surface area contributed by atoms with Gasteiger partial charge in [0.25, 0.3) is 0 Å². The van der Waals surface area contributed by atoms with E-state index >= 15 is 0 Å². The molecule has 1 aliphatic carbocycles. The molecule has 1 fully saturated rings. The highest BCUT2D eigenvalue weighted by atomic mass is 16.4.